The molecule has 0 spiro atoms. The van der Waals surface area contributed by atoms with Crippen molar-refractivity contribution in [3.63, 3.8) is 0 Å². The fraction of sp³-hybridized carbons (Fsp3) is 0.242. The van der Waals surface area contributed by atoms with Gasteiger partial charge < -0.3 is 15.0 Å². The monoisotopic (exact) mass is 660 g/mol. The lowest BCUT2D eigenvalue weighted by molar-refractivity contribution is -0.122. The third-order valence-electron chi connectivity index (χ3n) is 7.88. The fourth-order valence-corrected chi connectivity index (χ4v) is 8.46. The largest absolute Gasteiger partial charge is 0.462 e. The lowest BCUT2D eigenvalue weighted by Gasteiger charge is -2.31. The Morgan fingerprint density at radius 1 is 0.935 bits per heavy atom. The molecule has 0 saturated carbocycles. The van der Waals surface area contributed by atoms with Gasteiger partial charge in [-0.05, 0) is 73.2 Å². The second-order valence-corrected chi connectivity index (χ2v) is 13.1. The molecule has 0 radical (unpaired) electrons. The number of carbonyl (C=O) groups is 4. The molecule has 1 aromatic heterocycles. The number of rotatable bonds is 8. The SMILES string of the molecule is CCOC(=O)c1ccc(N2C(=O)[C@H]3[C@H](c4ccc(N(C)C)cc4)c4sc(=O)n(CC(=O)Nc5ccc(F)cc5)c4S[C@H]3C2=O)cc1. The van der Waals surface area contributed by atoms with E-state index in [9.17, 15) is 28.4 Å². The number of esters is 1. The van der Waals surface area contributed by atoms with Crippen LogP contribution in [0.4, 0.5) is 21.5 Å². The summed E-state index contributed by atoms with van der Waals surface area (Å²) in [6, 6.07) is 19.0. The van der Waals surface area contributed by atoms with E-state index < -0.39 is 51.5 Å². The van der Waals surface area contributed by atoms with Gasteiger partial charge in [0.25, 0.3) is 0 Å². The first-order chi connectivity index (χ1) is 22.1. The molecule has 1 N–H and O–H groups in total. The molecule has 4 aromatic rings. The number of hydrogen-bond acceptors (Lipinski definition) is 9. The lowest BCUT2D eigenvalue weighted by Crippen LogP contribution is -2.33. The maximum Gasteiger partial charge on any atom is 0.338 e. The van der Waals surface area contributed by atoms with E-state index in [0.717, 1.165) is 39.2 Å². The molecule has 13 heteroatoms. The number of thiazole rings is 1. The van der Waals surface area contributed by atoms with E-state index in [0.29, 0.717) is 26.8 Å². The molecule has 1 fully saturated rings. The minimum Gasteiger partial charge on any atom is -0.462 e. The lowest BCUT2D eigenvalue weighted by atomic mass is 9.83. The van der Waals surface area contributed by atoms with Crippen LogP contribution in [0.25, 0.3) is 0 Å². The summed E-state index contributed by atoms with van der Waals surface area (Å²) in [6.45, 7) is 1.58. The van der Waals surface area contributed by atoms with Gasteiger partial charge in [0.1, 0.15) is 17.6 Å². The van der Waals surface area contributed by atoms with Crippen LogP contribution in [-0.4, -0.2) is 54.2 Å². The average Bonchev–Trinajstić information content (AvgIpc) is 3.48. The minimum absolute atomic E-state index is 0.213. The highest BCUT2D eigenvalue weighted by Gasteiger charge is 2.56. The second kappa shape index (κ2) is 12.6. The van der Waals surface area contributed by atoms with Gasteiger partial charge in [-0.3, -0.25) is 23.7 Å². The van der Waals surface area contributed by atoms with Crippen molar-refractivity contribution in [3.8, 4) is 0 Å². The third-order valence-corrected chi connectivity index (χ3v) is 10.5. The number of imide groups is 1. The number of carbonyl (C=O) groups excluding carboxylic acids is 4. The summed E-state index contributed by atoms with van der Waals surface area (Å²) in [5.74, 6) is -3.77. The van der Waals surface area contributed by atoms with E-state index >= 15 is 0 Å². The van der Waals surface area contributed by atoms with Crippen molar-refractivity contribution in [1.29, 1.82) is 0 Å². The Hall–Kier alpha value is -4.75. The molecule has 3 heterocycles. The van der Waals surface area contributed by atoms with E-state index in [4.69, 9.17) is 4.74 Å². The van der Waals surface area contributed by atoms with Crippen LogP contribution in [0.1, 0.15) is 33.6 Å². The van der Waals surface area contributed by atoms with E-state index in [1.54, 1.807) is 6.92 Å². The predicted molar refractivity (Wildman–Crippen MR) is 174 cm³/mol. The Labute approximate surface area is 271 Å². The smallest absolute Gasteiger partial charge is 0.338 e. The molecule has 3 amide bonds. The van der Waals surface area contributed by atoms with Crippen LogP contribution < -0.4 is 20.0 Å². The van der Waals surface area contributed by atoms with Gasteiger partial charge in [0.15, 0.2) is 0 Å². The van der Waals surface area contributed by atoms with Crippen LogP contribution in [0.15, 0.2) is 82.6 Å². The molecule has 6 rings (SSSR count). The molecule has 3 atom stereocenters. The molecular weight excluding hydrogens is 632 g/mol. The van der Waals surface area contributed by atoms with E-state index in [1.807, 2.05) is 43.3 Å². The standard InChI is InChI=1S/C33H29FN4O6S2/c1-4-44-32(42)19-7-15-23(16-8-19)38-29(40)26-25(18-5-13-22(14-6-18)36(2)3)28-31(45-27(26)30(38)41)37(33(43)46-28)17-24(39)35-21-11-9-20(34)10-12-21/h5-16,25-27H,4,17H2,1-3H3,(H,35,39)/t25-,26-,27+/m0/s1. The number of anilines is 3. The van der Waals surface area contributed by atoms with Crippen molar-refractivity contribution in [3.05, 3.63) is 104 Å². The first-order valence-electron chi connectivity index (χ1n) is 14.4. The van der Waals surface area contributed by atoms with Crippen molar-refractivity contribution in [2.45, 2.75) is 29.7 Å². The zero-order chi connectivity index (χ0) is 32.7. The van der Waals surface area contributed by atoms with Crippen LogP contribution in [0.3, 0.4) is 0 Å². The van der Waals surface area contributed by atoms with Gasteiger partial charge in [0.2, 0.25) is 17.7 Å². The zero-order valence-electron chi connectivity index (χ0n) is 25.1. The van der Waals surface area contributed by atoms with Gasteiger partial charge >= 0.3 is 10.8 Å². The maximum atomic E-state index is 14.2. The van der Waals surface area contributed by atoms with Gasteiger partial charge in [0.05, 0.1) is 28.8 Å². The normalized spacial score (nSPS) is 18.6. The van der Waals surface area contributed by atoms with Crippen molar-refractivity contribution in [2.24, 2.45) is 5.92 Å². The fourth-order valence-electron chi connectivity index (χ4n) is 5.69. The van der Waals surface area contributed by atoms with Crippen LogP contribution in [-0.2, 0) is 25.7 Å². The number of amides is 3. The molecule has 0 unspecified atom stereocenters. The number of aromatic nitrogens is 1. The van der Waals surface area contributed by atoms with Gasteiger partial charge in [-0.25, -0.2) is 14.1 Å². The summed E-state index contributed by atoms with van der Waals surface area (Å²) in [6.07, 6.45) is 0. The number of ether oxygens (including phenoxy) is 1. The Kier molecular flexibility index (Phi) is 8.53. The molecular formula is C33H29FN4O6S2. The number of nitrogens with zero attached hydrogens (tertiary/aromatic N) is 3. The molecule has 2 aliphatic rings. The highest BCUT2D eigenvalue weighted by atomic mass is 32.2. The summed E-state index contributed by atoms with van der Waals surface area (Å²) in [5, 5.41) is 2.26. The third kappa shape index (κ3) is 5.71. The van der Waals surface area contributed by atoms with E-state index in [2.05, 4.69) is 5.32 Å². The Morgan fingerprint density at radius 2 is 1.61 bits per heavy atom. The van der Waals surface area contributed by atoms with Gasteiger partial charge in [-0.1, -0.05) is 35.2 Å². The highest BCUT2D eigenvalue weighted by Crippen LogP contribution is 2.54. The maximum absolute atomic E-state index is 14.2. The van der Waals surface area contributed by atoms with Crippen LogP contribution >= 0.6 is 23.1 Å². The van der Waals surface area contributed by atoms with Crippen molar-refractivity contribution in [2.75, 3.05) is 35.8 Å². The number of fused-ring (bicyclic) bond motifs is 2. The molecule has 46 heavy (non-hydrogen) atoms. The summed E-state index contributed by atoms with van der Waals surface area (Å²) < 4.78 is 19.7. The molecule has 2 aliphatic heterocycles. The summed E-state index contributed by atoms with van der Waals surface area (Å²) in [5.41, 5.74) is 2.67. The topological polar surface area (TPSA) is 118 Å². The molecule has 10 nitrogen and oxygen atoms in total. The summed E-state index contributed by atoms with van der Waals surface area (Å²) in [4.78, 5) is 70.0. The molecule has 236 valence electrons. The Bertz CT molecular complexity index is 1890. The van der Waals surface area contributed by atoms with E-state index in [-0.39, 0.29) is 13.2 Å². The van der Waals surface area contributed by atoms with Crippen molar-refractivity contribution in [1.82, 2.24) is 4.57 Å². The molecule has 3 aromatic carbocycles. The quantitative estimate of drug-likeness (QED) is 0.213. The Morgan fingerprint density at radius 3 is 2.24 bits per heavy atom. The van der Waals surface area contributed by atoms with Crippen LogP contribution in [0.5, 0.6) is 0 Å². The number of nitrogens with one attached hydrogen (secondary N) is 1. The van der Waals surface area contributed by atoms with Gasteiger partial charge in [-0.2, -0.15) is 0 Å². The van der Waals surface area contributed by atoms with Gasteiger partial charge in [0, 0.05) is 36.3 Å². The first-order valence-corrected chi connectivity index (χ1v) is 16.1. The molecule has 0 aliphatic carbocycles. The summed E-state index contributed by atoms with van der Waals surface area (Å²) in [7, 11) is 3.82. The predicted octanol–water partition coefficient (Wildman–Crippen LogP) is 4.73. The minimum atomic E-state index is -0.872. The number of thioether (sulfide) groups is 1. The molecule has 0 bridgehead atoms. The average molecular weight is 661 g/mol. The summed E-state index contributed by atoms with van der Waals surface area (Å²) >= 11 is 2.06. The van der Waals surface area contributed by atoms with Crippen molar-refractivity contribution >= 4 is 63.9 Å². The molecule has 1 saturated heterocycles. The number of halogens is 1. The Balaban J connectivity index is 1.38. The first kappa shape index (κ1) is 31.2. The number of hydrogen-bond donors (Lipinski definition) is 1. The highest BCUT2D eigenvalue weighted by molar-refractivity contribution is 8.00. The number of benzene rings is 3. The van der Waals surface area contributed by atoms with Gasteiger partial charge in [-0.15, -0.1) is 0 Å². The second-order valence-electron chi connectivity index (χ2n) is 11.0. The van der Waals surface area contributed by atoms with Crippen molar-refractivity contribution < 1.29 is 28.3 Å². The van der Waals surface area contributed by atoms with E-state index in [1.165, 1.54) is 53.1 Å². The zero-order valence-corrected chi connectivity index (χ0v) is 26.7. The van der Waals surface area contributed by atoms with Crippen LogP contribution in [0.2, 0.25) is 0 Å². The van der Waals surface area contributed by atoms with Crippen LogP contribution in [0, 0.1) is 11.7 Å².